The first-order valence-electron chi connectivity index (χ1n) is 12.0. The number of aromatic nitrogens is 1. The summed E-state index contributed by atoms with van der Waals surface area (Å²) >= 11 is 0. The standard InChI is InChI=1S/C29H30F3N3O2/c1-5-17(3)25-13-23(26(30)14-19(25)6-2)16-35-29(37)21-9-10-33-24(12-21)11-20-7-8-22(15-34-18(4)36)28(32)27(20)31/h5,7-10,12-14H,6,11,15-16H2,1-4H3,(H,34,36)(H,35,37)/b17-5-. The quantitative estimate of drug-likeness (QED) is 0.392. The first-order chi connectivity index (χ1) is 17.6. The minimum absolute atomic E-state index is 0.00802. The highest BCUT2D eigenvalue weighted by molar-refractivity contribution is 5.94. The van der Waals surface area contributed by atoms with Gasteiger partial charge in [0.25, 0.3) is 5.91 Å². The summed E-state index contributed by atoms with van der Waals surface area (Å²) in [4.78, 5) is 28.0. The molecular weight excluding hydrogens is 479 g/mol. The molecule has 194 valence electrons. The maximum Gasteiger partial charge on any atom is 0.251 e. The number of hydrogen-bond acceptors (Lipinski definition) is 3. The Hall–Kier alpha value is -3.94. The van der Waals surface area contributed by atoms with Crippen LogP contribution in [-0.4, -0.2) is 16.8 Å². The fraction of sp³-hybridized carbons (Fsp3) is 0.276. The molecule has 1 heterocycles. The molecule has 0 aliphatic rings. The molecule has 3 aromatic rings. The van der Waals surface area contributed by atoms with Crippen LogP contribution in [0.2, 0.25) is 0 Å². The molecule has 3 rings (SSSR count). The Morgan fingerprint density at radius 1 is 0.892 bits per heavy atom. The van der Waals surface area contributed by atoms with Crippen molar-refractivity contribution in [3.63, 3.8) is 0 Å². The third-order valence-electron chi connectivity index (χ3n) is 6.17. The molecule has 2 amide bonds. The Morgan fingerprint density at radius 3 is 2.24 bits per heavy atom. The molecule has 0 unspecified atom stereocenters. The van der Waals surface area contributed by atoms with Gasteiger partial charge in [-0.2, -0.15) is 0 Å². The van der Waals surface area contributed by atoms with Gasteiger partial charge in [-0.3, -0.25) is 14.6 Å². The molecule has 0 saturated heterocycles. The fourth-order valence-corrected chi connectivity index (χ4v) is 3.92. The van der Waals surface area contributed by atoms with Crippen molar-refractivity contribution in [1.29, 1.82) is 0 Å². The number of carbonyl (C=O) groups excluding carboxylic acids is 2. The Kier molecular flexibility index (Phi) is 9.22. The average molecular weight is 510 g/mol. The van der Waals surface area contributed by atoms with Crippen molar-refractivity contribution in [2.24, 2.45) is 0 Å². The van der Waals surface area contributed by atoms with Crippen molar-refractivity contribution >= 4 is 17.4 Å². The summed E-state index contributed by atoms with van der Waals surface area (Å²) in [5.74, 6) is -3.25. The minimum atomic E-state index is -1.04. The Labute approximate surface area is 214 Å². The van der Waals surface area contributed by atoms with Gasteiger partial charge in [-0.05, 0) is 66.8 Å². The van der Waals surface area contributed by atoms with Gasteiger partial charge in [0.05, 0.1) is 0 Å². The predicted molar refractivity (Wildman–Crippen MR) is 137 cm³/mol. The van der Waals surface area contributed by atoms with Crippen LogP contribution in [0.3, 0.4) is 0 Å². The molecule has 37 heavy (non-hydrogen) atoms. The number of halogens is 3. The molecule has 1 aromatic heterocycles. The average Bonchev–Trinajstić information content (AvgIpc) is 2.89. The zero-order valence-corrected chi connectivity index (χ0v) is 21.3. The second kappa shape index (κ2) is 12.3. The molecule has 0 atom stereocenters. The van der Waals surface area contributed by atoms with Crippen molar-refractivity contribution in [2.75, 3.05) is 0 Å². The Morgan fingerprint density at radius 2 is 1.57 bits per heavy atom. The fourth-order valence-electron chi connectivity index (χ4n) is 3.92. The molecule has 2 aromatic carbocycles. The SMILES string of the molecule is C/C=C(/C)c1cc(CNC(=O)c2ccnc(Cc3ccc(CNC(C)=O)c(F)c3F)c2)c(F)cc1CC. The predicted octanol–water partition coefficient (Wildman–Crippen LogP) is 5.64. The van der Waals surface area contributed by atoms with Crippen LogP contribution in [0.25, 0.3) is 5.57 Å². The zero-order valence-electron chi connectivity index (χ0n) is 21.3. The van der Waals surface area contributed by atoms with E-state index in [1.807, 2.05) is 26.8 Å². The monoisotopic (exact) mass is 509 g/mol. The number of nitrogens with one attached hydrogen (secondary N) is 2. The normalized spacial score (nSPS) is 11.4. The molecule has 0 saturated carbocycles. The lowest BCUT2D eigenvalue weighted by Gasteiger charge is -2.13. The number of aryl methyl sites for hydroxylation is 1. The molecule has 5 nitrogen and oxygen atoms in total. The van der Waals surface area contributed by atoms with Crippen molar-refractivity contribution in [1.82, 2.24) is 15.6 Å². The summed E-state index contributed by atoms with van der Waals surface area (Å²) in [7, 11) is 0. The van der Waals surface area contributed by atoms with Gasteiger partial charge in [0.1, 0.15) is 5.82 Å². The van der Waals surface area contributed by atoms with Gasteiger partial charge >= 0.3 is 0 Å². The van der Waals surface area contributed by atoms with Crippen molar-refractivity contribution in [3.05, 3.63) is 105 Å². The van der Waals surface area contributed by atoms with E-state index in [0.29, 0.717) is 17.7 Å². The molecule has 0 aliphatic carbocycles. The van der Waals surface area contributed by atoms with E-state index in [4.69, 9.17) is 0 Å². The Bertz CT molecular complexity index is 1350. The number of rotatable bonds is 9. The molecule has 0 bridgehead atoms. The van der Waals surface area contributed by atoms with Crippen molar-refractivity contribution in [2.45, 2.75) is 53.6 Å². The highest BCUT2D eigenvalue weighted by Gasteiger charge is 2.16. The number of allylic oxidation sites excluding steroid dienone is 2. The van der Waals surface area contributed by atoms with Crippen LogP contribution in [-0.2, 0) is 30.7 Å². The van der Waals surface area contributed by atoms with Gasteiger partial charge in [0.2, 0.25) is 5.91 Å². The van der Waals surface area contributed by atoms with Gasteiger partial charge in [-0.25, -0.2) is 13.2 Å². The van der Waals surface area contributed by atoms with E-state index in [1.165, 1.54) is 43.5 Å². The second-order valence-corrected chi connectivity index (χ2v) is 8.74. The van der Waals surface area contributed by atoms with Crippen LogP contribution >= 0.6 is 0 Å². The highest BCUT2D eigenvalue weighted by atomic mass is 19.2. The third-order valence-corrected chi connectivity index (χ3v) is 6.17. The number of amides is 2. The lowest BCUT2D eigenvalue weighted by Crippen LogP contribution is -2.24. The maximum absolute atomic E-state index is 14.7. The highest BCUT2D eigenvalue weighted by Crippen LogP contribution is 2.24. The van der Waals surface area contributed by atoms with Gasteiger partial charge < -0.3 is 10.6 Å². The lowest BCUT2D eigenvalue weighted by molar-refractivity contribution is -0.119. The lowest BCUT2D eigenvalue weighted by atomic mass is 9.96. The number of hydrogen-bond donors (Lipinski definition) is 2. The van der Waals surface area contributed by atoms with E-state index in [9.17, 15) is 22.8 Å². The number of pyridine rings is 1. The first kappa shape index (κ1) is 27.6. The van der Waals surface area contributed by atoms with Gasteiger partial charge in [0, 0.05) is 55.0 Å². The molecule has 0 radical (unpaired) electrons. The summed E-state index contributed by atoms with van der Waals surface area (Å²) < 4.78 is 43.7. The van der Waals surface area contributed by atoms with Crippen LogP contribution in [0.15, 0.2) is 48.7 Å². The van der Waals surface area contributed by atoms with E-state index >= 15 is 0 Å². The first-order valence-corrected chi connectivity index (χ1v) is 12.0. The van der Waals surface area contributed by atoms with E-state index < -0.39 is 17.5 Å². The van der Waals surface area contributed by atoms with Gasteiger partial charge in [-0.1, -0.05) is 25.1 Å². The topological polar surface area (TPSA) is 71.1 Å². The summed E-state index contributed by atoms with van der Waals surface area (Å²) in [6.45, 7) is 7.00. The van der Waals surface area contributed by atoms with Gasteiger partial charge in [0.15, 0.2) is 11.6 Å². The van der Waals surface area contributed by atoms with Crippen LogP contribution in [0.1, 0.15) is 71.6 Å². The molecule has 0 fully saturated rings. The largest absolute Gasteiger partial charge is 0.352 e. The number of carbonyl (C=O) groups is 2. The van der Waals surface area contributed by atoms with Crippen molar-refractivity contribution in [3.8, 4) is 0 Å². The minimum Gasteiger partial charge on any atom is -0.352 e. The van der Waals surface area contributed by atoms with Crippen LogP contribution in [0, 0.1) is 17.5 Å². The summed E-state index contributed by atoms with van der Waals surface area (Å²) in [6, 6.07) is 9.08. The van der Waals surface area contributed by atoms with E-state index in [-0.39, 0.29) is 47.9 Å². The number of benzene rings is 2. The van der Waals surface area contributed by atoms with Gasteiger partial charge in [-0.15, -0.1) is 0 Å². The molecule has 8 heteroatoms. The summed E-state index contributed by atoms with van der Waals surface area (Å²) in [5, 5.41) is 5.16. The Balaban J connectivity index is 1.74. The smallest absolute Gasteiger partial charge is 0.251 e. The third kappa shape index (κ3) is 6.84. The molecule has 2 N–H and O–H groups in total. The maximum atomic E-state index is 14.7. The second-order valence-electron chi connectivity index (χ2n) is 8.74. The van der Waals surface area contributed by atoms with Crippen molar-refractivity contribution < 1.29 is 22.8 Å². The molecular formula is C29H30F3N3O2. The van der Waals surface area contributed by atoms with E-state index in [1.54, 1.807) is 6.07 Å². The summed E-state index contributed by atoms with van der Waals surface area (Å²) in [5.41, 5.74) is 3.97. The molecule has 0 spiro atoms. The van der Waals surface area contributed by atoms with Crippen LogP contribution in [0.4, 0.5) is 13.2 Å². The summed E-state index contributed by atoms with van der Waals surface area (Å²) in [6.07, 6.45) is 4.02. The number of nitrogens with zero attached hydrogens (tertiary/aromatic N) is 1. The molecule has 0 aliphatic heterocycles. The zero-order chi connectivity index (χ0) is 27.1. The van der Waals surface area contributed by atoms with E-state index in [2.05, 4.69) is 15.6 Å². The van der Waals surface area contributed by atoms with Crippen LogP contribution in [0.5, 0.6) is 0 Å². The van der Waals surface area contributed by atoms with Crippen LogP contribution < -0.4 is 10.6 Å². The van der Waals surface area contributed by atoms with E-state index in [0.717, 1.165) is 16.7 Å².